The first-order valence-electron chi connectivity index (χ1n) is 4.92. The van der Waals surface area contributed by atoms with Gasteiger partial charge in [0.25, 0.3) is 0 Å². The Morgan fingerprint density at radius 3 is 2.69 bits per heavy atom. The Bertz CT molecular complexity index is 336. The molecule has 0 aliphatic rings. The molecule has 3 nitrogen and oxygen atoms in total. The van der Waals surface area contributed by atoms with E-state index in [9.17, 15) is 5.11 Å². The first kappa shape index (κ1) is 15.7. The maximum Gasteiger partial charge on any atom is 0.115 e. The predicted octanol–water partition coefficient (Wildman–Crippen LogP) is 2.36. The molecule has 1 aromatic rings. The van der Waals surface area contributed by atoms with Gasteiger partial charge in [-0.3, -0.25) is 4.90 Å². The van der Waals surface area contributed by atoms with Crippen LogP contribution in [0.25, 0.3) is 0 Å². The van der Waals surface area contributed by atoms with Crippen LogP contribution < -0.4 is 5.73 Å². The molecular weight excluding hydrogens is 291 g/mol. The lowest BCUT2D eigenvalue weighted by Crippen LogP contribution is -2.34. The molecule has 0 aliphatic carbocycles. The maximum atomic E-state index is 9.38. The Morgan fingerprint density at radius 2 is 2.12 bits per heavy atom. The molecule has 0 saturated carbocycles. The van der Waals surface area contributed by atoms with Crippen molar-refractivity contribution in [3.05, 3.63) is 28.2 Å². The Hall–Kier alpha value is -0.290. The molecule has 0 radical (unpaired) electrons. The van der Waals surface area contributed by atoms with Crippen molar-refractivity contribution < 1.29 is 5.11 Å². The summed E-state index contributed by atoms with van der Waals surface area (Å²) in [6.07, 6.45) is 0. The van der Waals surface area contributed by atoms with Gasteiger partial charge in [-0.05, 0) is 37.7 Å². The van der Waals surface area contributed by atoms with Gasteiger partial charge in [0.15, 0.2) is 0 Å². The van der Waals surface area contributed by atoms with E-state index in [1.165, 1.54) is 0 Å². The van der Waals surface area contributed by atoms with Crippen LogP contribution in [0.2, 0.25) is 0 Å². The topological polar surface area (TPSA) is 49.5 Å². The molecule has 5 heteroatoms. The number of hydrogen-bond acceptors (Lipinski definition) is 3. The van der Waals surface area contributed by atoms with Crippen LogP contribution in [-0.4, -0.2) is 29.6 Å². The highest BCUT2D eigenvalue weighted by molar-refractivity contribution is 9.10. The third-order valence-corrected chi connectivity index (χ3v) is 3.32. The van der Waals surface area contributed by atoms with Gasteiger partial charge in [0, 0.05) is 23.6 Å². The summed E-state index contributed by atoms with van der Waals surface area (Å²) < 4.78 is 1.01. The fourth-order valence-electron chi connectivity index (χ4n) is 1.29. The first-order chi connectivity index (χ1) is 7.04. The number of rotatable bonds is 4. The van der Waals surface area contributed by atoms with Crippen molar-refractivity contribution >= 4 is 28.3 Å². The van der Waals surface area contributed by atoms with E-state index in [-0.39, 0.29) is 12.4 Å². The van der Waals surface area contributed by atoms with Crippen LogP contribution in [0.5, 0.6) is 5.75 Å². The molecular formula is C11H18BrClN2O. The predicted molar refractivity (Wildman–Crippen MR) is 73.0 cm³/mol. The Labute approximate surface area is 111 Å². The van der Waals surface area contributed by atoms with Gasteiger partial charge in [0.1, 0.15) is 5.75 Å². The summed E-state index contributed by atoms with van der Waals surface area (Å²) in [6, 6.07) is 5.62. The van der Waals surface area contributed by atoms with Gasteiger partial charge >= 0.3 is 0 Å². The van der Waals surface area contributed by atoms with Crippen molar-refractivity contribution in [3.63, 3.8) is 0 Å². The Balaban J connectivity index is 0.00000225. The lowest BCUT2D eigenvalue weighted by Gasteiger charge is -2.23. The van der Waals surface area contributed by atoms with Crippen LogP contribution >= 0.6 is 28.3 Å². The normalized spacial score (nSPS) is 12.3. The average Bonchev–Trinajstić information content (AvgIpc) is 2.22. The van der Waals surface area contributed by atoms with Gasteiger partial charge in [0.05, 0.1) is 0 Å². The molecule has 16 heavy (non-hydrogen) atoms. The van der Waals surface area contributed by atoms with Crippen molar-refractivity contribution in [2.24, 2.45) is 5.73 Å². The Morgan fingerprint density at radius 1 is 1.50 bits per heavy atom. The molecule has 1 rings (SSSR count). The minimum atomic E-state index is 0. The zero-order valence-corrected chi connectivity index (χ0v) is 11.9. The summed E-state index contributed by atoms with van der Waals surface area (Å²) in [6.45, 7) is 3.48. The van der Waals surface area contributed by atoms with Crippen LogP contribution in [-0.2, 0) is 6.54 Å². The van der Waals surface area contributed by atoms with Gasteiger partial charge in [-0.15, -0.1) is 12.4 Å². The van der Waals surface area contributed by atoms with Crippen LogP contribution in [0.1, 0.15) is 12.5 Å². The summed E-state index contributed by atoms with van der Waals surface area (Å²) in [4.78, 5) is 2.15. The van der Waals surface area contributed by atoms with E-state index in [1.807, 2.05) is 13.1 Å². The quantitative estimate of drug-likeness (QED) is 0.897. The minimum Gasteiger partial charge on any atom is -0.508 e. The molecule has 0 spiro atoms. The Kier molecular flexibility index (Phi) is 6.99. The summed E-state index contributed by atoms with van der Waals surface area (Å²) in [5.74, 6) is 0.294. The molecule has 92 valence electrons. The lowest BCUT2D eigenvalue weighted by atomic mass is 10.2. The van der Waals surface area contributed by atoms with Crippen molar-refractivity contribution in [3.8, 4) is 5.75 Å². The summed E-state index contributed by atoms with van der Waals surface area (Å²) in [7, 11) is 2.02. The van der Waals surface area contributed by atoms with Crippen molar-refractivity contribution in [2.75, 3.05) is 13.6 Å². The standard InChI is InChI=1S/C11H17BrN2O.ClH/c1-8(6-13)14(2)7-9-5-10(15)3-4-11(9)12;/h3-5,8,15H,6-7,13H2,1-2H3;1H. The number of benzene rings is 1. The fraction of sp³-hybridized carbons (Fsp3) is 0.455. The zero-order valence-electron chi connectivity index (χ0n) is 9.48. The van der Waals surface area contributed by atoms with E-state index in [1.54, 1.807) is 12.1 Å². The van der Waals surface area contributed by atoms with E-state index in [2.05, 4.69) is 27.8 Å². The van der Waals surface area contributed by atoms with Crippen LogP contribution in [0.3, 0.4) is 0 Å². The molecule has 0 bridgehead atoms. The number of likely N-dealkylation sites (N-methyl/N-ethyl adjacent to an activating group) is 1. The third-order valence-electron chi connectivity index (χ3n) is 2.54. The van der Waals surface area contributed by atoms with E-state index in [0.29, 0.717) is 18.3 Å². The maximum absolute atomic E-state index is 9.38. The van der Waals surface area contributed by atoms with E-state index in [0.717, 1.165) is 16.6 Å². The molecule has 0 amide bonds. The van der Waals surface area contributed by atoms with E-state index < -0.39 is 0 Å². The van der Waals surface area contributed by atoms with Gasteiger partial charge in [0.2, 0.25) is 0 Å². The molecule has 0 aliphatic heterocycles. The van der Waals surface area contributed by atoms with Gasteiger partial charge in [-0.25, -0.2) is 0 Å². The number of phenols is 1. The monoisotopic (exact) mass is 308 g/mol. The molecule has 0 fully saturated rings. The van der Waals surface area contributed by atoms with Gasteiger partial charge < -0.3 is 10.8 Å². The summed E-state index contributed by atoms with van der Waals surface area (Å²) >= 11 is 3.46. The van der Waals surface area contributed by atoms with Gasteiger partial charge in [-0.1, -0.05) is 15.9 Å². The molecule has 1 atom stereocenters. The average molecular weight is 310 g/mol. The summed E-state index contributed by atoms with van der Waals surface area (Å²) in [5.41, 5.74) is 6.66. The lowest BCUT2D eigenvalue weighted by molar-refractivity contribution is 0.254. The van der Waals surface area contributed by atoms with E-state index >= 15 is 0 Å². The SMILES string of the molecule is CC(CN)N(C)Cc1cc(O)ccc1Br.Cl. The largest absolute Gasteiger partial charge is 0.508 e. The van der Waals surface area contributed by atoms with Crippen molar-refractivity contribution in [1.29, 1.82) is 0 Å². The summed E-state index contributed by atoms with van der Waals surface area (Å²) in [5, 5.41) is 9.38. The molecule has 1 unspecified atom stereocenters. The first-order valence-corrected chi connectivity index (χ1v) is 5.71. The van der Waals surface area contributed by atoms with Crippen LogP contribution in [0.15, 0.2) is 22.7 Å². The van der Waals surface area contributed by atoms with Crippen LogP contribution in [0.4, 0.5) is 0 Å². The van der Waals surface area contributed by atoms with E-state index in [4.69, 9.17) is 5.73 Å². The number of hydrogen-bond donors (Lipinski definition) is 2. The highest BCUT2D eigenvalue weighted by Crippen LogP contribution is 2.23. The number of nitrogens with two attached hydrogens (primary N) is 1. The van der Waals surface area contributed by atoms with Crippen molar-refractivity contribution in [2.45, 2.75) is 19.5 Å². The van der Waals surface area contributed by atoms with Gasteiger partial charge in [-0.2, -0.15) is 0 Å². The number of halogens is 2. The molecule has 0 heterocycles. The third kappa shape index (κ3) is 4.29. The molecule has 3 N–H and O–H groups in total. The molecule has 1 aromatic carbocycles. The van der Waals surface area contributed by atoms with Crippen molar-refractivity contribution in [1.82, 2.24) is 4.90 Å². The minimum absolute atomic E-state index is 0. The smallest absolute Gasteiger partial charge is 0.115 e. The number of aromatic hydroxyl groups is 1. The number of nitrogens with zero attached hydrogens (tertiary/aromatic N) is 1. The van der Waals surface area contributed by atoms with Crippen LogP contribution in [0, 0.1) is 0 Å². The second-order valence-electron chi connectivity index (χ2n) is 3.78. The highest BCUT2D eigenvalue weighted by Gasteiger charge is 2.09. The highest BCUT2D eigenvalue weighted by atomic mass is 79.9. The second-order valence-corrected chi connectivity index (χ2v) is 4.63. The number of phenolic OH excluding ortho intramolecular Hbond substituents is 1. The zero-order chi connectivity index (χ0) is 11.4. The fourth-order valence-corrected chi connectivity index (χ4v) is 1.66. The molecule has 0 aromatic heterocycles. The molecule has 0 saturated heterocycles. The second kappa shape index (κ2) is 7.12.